The number of carbonyl (C=O) groups is 2. The van der Waals surface area contributed by atoms with Crippen molar-refractivity contribution in [3.63, 3.8) is 0 Å². The number of halogens is 3. The first-order chi connectivity index (χ1) is 14.4. The highest BCUT2D eigenvalue weighted by Gasteiger charge is 2.49. The summed E-state index contributed by atoms with van der Waals surface area (Å²) in [5, 5.41) is 10.7. The highest BCUT2D eigenvalue weighted by atomic mass is 32.2. The fourth-order valence-corrected chi connectivity index (χ4v) is 4.38. The van der Waals surface area contributed by atoms with E-state index in [-0.39, 0.29) is 10.9 Å². The van der Waals surface area contributed by atoms with E-state index in [0.29, 0.717) is 11.1 Å². The Bertz CT molecular complexity index is 1030. The Hall–Kier alpha value is -2.75. The smallest absolute Gasteiger partial charge is 0.434 e. The summed E-state index contributed by atoms with van der Waals surface area (Å²) in [6.07, 6.45) is -5.99. The molecule has 0 amide bonds. The van der Waals surface area contributed by atoms with Gasteiger partial charge in [0.1, 0.15) is 0 Å². The first-order valence-corrected chi connectivity index (χ1v) is 10.3. The first kappa shape index (κ1) is 22.9. The monoisotopic (exact) mass is 454 g/mol. The molecule has 2 aliphatic rings. The number of esters is 1. The summed E-state index contributed by atoms with van der Waals surface area (Å²) < 4.78 is 47.2. The summed E-state index contributed by atoms with van der Waals surface area (Å²) in [5.41, 5.74) is 0.150. The molecule has 1 atom stereocenters. The van der Waals surface area contributed by atoms with Crippen LogP contribution in [-0.2, 0) is 14.3 Å². The van der Waals surface area contributed by atoms with E-state index in [0.717, 1.165) is 17.3 Å². The second-order valence-corrected chi connectivity index (χ2v) is 8.38. The highest BCUT2D eigenvalue weighted by Crippen LogP contribution is 2.48. The Balaban J connectivity index is 2.30. The van der Waals surface area contributed by atoms with Gasteiger partial charge in [-0.15, -0.1) is 0 Å². The lowest BCUT2D eigenvalue weighted by Crippen LogP contribution is -2.40. The minimum Gasteiger partial charge on any atom is -0.481 e. The molecule has 0 spiro atoms. The van der Waals surface area contributed by atoms with Gasteiger partial charge in [0.2, 0.25) is 0 Å². The number of amidine groups is 1. The van der Waals surface area contributed by atoms with Crippen LogP contribution in [0.4, 0.5) is 13.2 Å². The van der Waals surface area contributed by atoms with E-state index in [2.05, 4.69) is 4.99 Å². The average Bonchev–Trinajstić information content (AvgIpc) is 3.03. The van der Waals surface area contributed by atoms with Gasteiger partial charge < -0.3 is 14.7 Å². The number of hydrogen-bond acceptors (Lipinski definition) is 6. The zero-order chi connectivity index (χ0) is 23.1. The van der Waals surface area contributed by atoms with Crippen LogP contribution in [0, 0.1) is 13.8 Å². The molecule has 1 unspecified atom stereocenters. The van der Waals surface area contributed by atoms with Crippen LogP contribution >= 0.6 is 11.8 Å². The number of fused-ring (bicyclic) bond motifs is 1. The van der Waals surface area contributed by atoms with Gasteiger partial charge >= 0.3 is 18.1 Å². The molecule has 0 aromatic heterocycles. The number of thioether (sulfide) groups is 1. The van der Waals surface area contributed by atoms with E-state index in [9.17, 15) is 27.9 Å². The fourth-order valence-electron chi connectivity index (χ4n) is 3.46. The molecule has 1 aromatic carbocycles. The molecular weight excluding hydrogens is 433 g/mol. The number of hydrogen-bond donors (Lipinski definition) is 1. The largest absolute Gasteiger partial charge is 0.481 e. The van der Waals surface area contributed by atoms with Gasteiger partial charge in [0, 0.05) is 5.70 Å². The van der Waals surface area contributed by atoms with Crippen LogP contribution < -0.4 is 0 Å². The standard InChI is InChI=1S/C21H21F3N2O4S/c1-10(2)30-19(29)16-17(14-7-11(3)5-6-12(14)4)26-13(8-15(27)28)9-31-20(26)25-18(16)21(22,23)24/h5-7,9-10,17H,8H2,1-4H3,(H,27,28). The molecule has 6 nitrogen and oxygen atoms in total. The number of allylic oxidation sites excluding steroid dienone is 1. The third kappa shape index (κ3) is 4.63. The molecule has 2 heterocycles. The fraction of sp³-hybridized carbons (Fsp3) is 0.381. The third-order valence-electron chi connectivity index (χ3n) is 4.70. The van der Waals surface area contributed by atoms with Crippen LogP contribution in [0.1, 0.15) is 43.0 Å². The summed E-state index contributed by atoms with van der Waals surface area (Å²) in [5.74, 6) is -2.28. The Morgan fingerprint density at radius 3 is 2.55 bits per heavy atom. The van der Waals surface area contributed by atoms with Crippen molar-refractivity contribution in [2.75, 3.05) is 0 Å². The number of aryl methyl sites for hydroxylation is 2. The number of carboxylic acids is 1. The number of carbonyl (C=O) groups excluding carboxylic acids is 1. The topological polar surface area (TPSA) is 79.2 Å². The maximum absolute atomic E-state index is 14.0. The van der Waals surface area contributed by atoms with Crippen molar-refractivity contribution in [2.45, 2.75) is 52.4 Å². The lowest BCUT2D eigenvalue weighted by atomic mass is 9.89. The second-order valence-electron chi connectivity index (χ2n) is 7.54. The van der Waals surface area contributed by atoms with Crippen molar-refractivity contribution in [1.82, 2.24) is 4.90 Å². The van der Waals surface area contributed by atoms with E-state index >= 15 is 0 Å². The molecule has 0 fully saturated rings. The quantitative estimate of drug-likeness (QED) is 0.641. The van der Waals surface area contributed by atoms with E-state index in [1.807, 2.05) is 6.07 Å². The number of alkyl halides is 3. The van der Waals surface area contributed by atoms with Crippen LogP contribution in [0.5, 0.6) is 0 Å². The van der Waals surface area contributed by atoms with Crippen LogP contribution in [0.15, 0.2) is 45.6 Å². The number of benzene rings is 1. The number of ether oxygens (including phenoxy) is 1. The lowest BCUT2D eigenvalue weighted by Gasteiger charge is -2.37. The number of aliphatic carboxylic acids is 1. The molecule has 0 aliphatic carbocycles. The Morgan fingerprint density at radius 1 is 1.29 bits per heavy atom. The van der Waals surface area contributed by atoms with Crippen molar-refractivity contribution >= 4 is 28.9 Å². The van der Waals surface area contributed by atoms with Gasteiger partial charge in [-0.3, -0.25) is 4.79 Å². The van der Waals surface area contributed by atoms with Gasteiger partial charge in [0.05, 0.1) is 24.1 Å². The average molecular weight is 454 g/mol. The first-order valence-electron chi connectivity index (χ1n) is 9.45. The summed E-state index contributed by atoms with van der Waals surface area (Å²) >= 11 is 0.897. The van der Waals surface area contributed by atoms with Gasteiger partial charge in [0.15, 0.2) is 10.9 Å². The Kier molecular flexibility index (Phi) is 6.22. The molecule has 0 saturated carbocycles. The molecular formula is C21H21F3N2O4S. The summed E-state index contributed by atoms with van der Waals surface area (Å²) in [6, 6.07) is 4.03. The molecule has 166 valence electrons. The molecule has 0 bridgehead atoms. The number of rotatable bonds is 5. The van der Waals surface area contributed by atoms with Gasteiger partial charge in [-0.1, -0.05) is 35.5 Å². The van der Waals surface area contributed by atoms with Crippen molar-refractivity contribution in [3.05, 3.63) is 57.3 Å². The van der Waals surface area contributed by atoms with Gasteiger partial charge in [-0.05, 0) is 44.2 Å². The zero-order valence-corrected chi connectivity index (χ0v) is 18.1. The number of carboxylic acid groups (broad SMARTS) is 1. The van der Waals surface area contributed by atoms with Gasteiger partial charge in [-0.25, -0.2) is 9.79 Å². The minimum atomic E-state index is -4.91. The number of aliphatic imine (C=N–C) groups is 1. The molecule has 3 rings (SSSR count). The van der Waals surface area contributed by atoms with Crippen LogP contribution in [0.3, 0.4) is 0 Å². The van der Waals surface area contributed by atoms with Crippen molar-refractivity contribution in [1.29, 1.82) is 0 Å². The maximum atomic E-state index is 14.0. The van der Waals surface area contributed by atoms with Crippen molar-refractivity contribution in [2.24, 2.45) is 4.99 Å². The normalized spacial score (nSPS) is 18.7. The van der Waals surface area contributed by atoms with E-state index in [1.165, 1.54) is 24.2 Å². The van der Waals surface area contributed by atoms with Gasteiger partial charge in [0.25, 0.3) is 0 Å². The second kappa shape index (κ2) is 8.41. The summed E-state index contributed by atoms with van der Waals surface area (Å²) in [6.45, 7) is 6.59. The lowest BCUT2D eigenvalue weighted by molar-refractivity contribution is -0.145. The Morgan fingerprint density at radius 2 is 1.97 bits per heavy atom. The number of nitrogens with zero attached hydrogens (tertiary/aromatic N) is 2. The molecule has 31 heavy (non-hydrogen) atoms. The molecule has 2 aliphatic heterocycles. The molecule has 1 aromatic rings. The van der Waals surface area contributed by atoms with E-state index in [4.69, 9.17) is 4.74 Å². The van der Waals surface area contributed by atoms with E-state index in [1.54, 1.807) is 26.0 Å². The SMILES string of the molecule is Cc1ccc(C)c(C2C(C(=O)OC(C)C)=C(C(F)(F)F)N=C3SC=C(CC(=O)O)N32)c1. The van der Waals surface area contributed by atoms with Gasteiger partial charge in [-0.2, -0.15) is 13.2 Å². The molecule has 0 saturated heterocycles. The maximum Gasteiger partial charge on any atom is 0.434 e. The van der Waals surface area contributed by atoms with Crippen molar-refractivity contribution < 1.29 is 32.6 Å². The zero-order valence-electron chi connectivity index (χ0n) is 17.3. The molecule has 1 N–H and O–H groups in total. The van der Waals surface area contributed by atoms with Crippen LogP contribution in [0.2, 0.25) is 0 Å². The molecule has 10 heteroatoms. The van der Waals surface area contributed by atoms with Crippen LogP contribution in [0.25, 0.3) is 0 Å². The molecule has 0 radical (unpaired) electrons. The Labute approximate surface area is 181 Å². The van der Waals surface area contributed by atoms with E-state index < -0.39 is 48.0 Å². The van der Waals surface area contributed by atoms with Crippen LogP contribution in [-0.4, -0.2) is 39.4 Å². The predicted octanol–water partition coefficient (Wildman–Crippen LogP) is 4.85. The minimum absolute atomic E-state index is 0.0319. The summed E-state index contributed by atoms with van der Waals surface area (Å²) in [4.78, 5) is 29.4. The predicted molar refractivity (Wildman–Crippen MR) is 110 cm³/mol. The van der Waals surface area contributed by atoms with Crippen molar-refractivity contribution in [3.8, 4) is 0 Å². The third-order valence-corrected chi connectivity index (χ3v) is 5.59. The highest BCUT2D eigenvalue weighted by molar-refractivity contribution is 8.16. The summed E-state index contributed by atoms with van der Waals surface area (Å²) in [7, 11) is 0.